The van der Waals surface area contributed by atoms with Crippen LogP contribution in [0.4, 0.5) is 0 Å². The molecule has 0 aromatic heterocycles. The van der Waals surface area contributed by atoms with Crippen molar-refractivity contribution >= 4 is 23.5 Å². The van der Waals surface area contributed by atoms with E-state index < -0.39 is 0 Å². The number of fused-ring (bicyclic) bond motifs is 1. The minimum Gasteiger partial charge on any atom is -0.497 e. The van der Waals surface area contributed by atoms with E-state index in [-0.39, 0.29) is 5.97 Å². The lowest BCUT2D eigenvalue weighted by Crippen LogP contribution is -2.00. The van der Waals surface area contributed by atoms with Crippen molar-refractivity contribution in [2.45, 2.75) is 0 Å². The van der Waals surface area contributed by atoms with Crippen LogP contribution in [0.3, 0.4) is 0 Å². The number of hydrogen-bond donors (Lipinski definition) is 0. The molecule has 0 heterocycles. The van der Waals surface area contributed by atoms with Crippen molar-refractivity contribution < 1.29 is 19.1 Å². The van der Waals surface area contributed by atoms with Crippen molar-refractivity contribution in [2.24, 2.45) is 0 Å². The Morgan fingerprint density at radius 3 is 2.22 bits per heavy atom. The molecule has 0 saturated heterocycles. The summed E-state index contributed by atoms with van der Waals surface area (Å²) in [4.78, 5) is 19.3. The van der Waals surface area contributed by atoms with Crippen LogP contribution < -0.4 is 4.74 Å². The van der Waals surface area contributed by atoms with E-state index in [4.69, 9.17) is 9.53 Å². The van der Waals surface area contributed by atoms with Crippen LogP contribution in [0.1, 0.15) is 10.4 Å². The fraction of sp³-hybridized carbons (Fsp3) is 0.143. The Balaban J connectivity index is 0.000000771. The lowest BCUT2D eigenvalue weighted by atomic mass is 10.1. The summed E-state index contributed by atoms with van der Waals surface area (Å²) in [6.07, 6.45) is 0. The van der Waals surface area contributed by atoms with Crippen molar-refractivity contribution in [3.8, 4) is 5.75 Å². The Kier molecular flexibility index (Phi) is 4.87. The van der Waals surface area contributed by atoms with Crippen LogP contribution in [-0.4, -0.2) is 27.0 Å². The zero-order valence-electron chi connectivity index (χ0n) is 10.3. The SMILES string of the molecule is C=O.COC(=O)c1ccc2cc(OC)ccc2c1. The van der Waals surface area contributed by atoms with Crippen LogP contribution >= 0.6 is 0 Å². The molecule has 0 unspecified atom stereocenters. The normalized spacial score (nSPS) is 9.22. The molecule has 94 valence electrons. The van der Waals surface area contributed by atoms with Gasteiger partial charge in [0.05, 0.1) is 19.8 Å². The lowest BCUT2D eigenvalue weighted by molar-refractivity contribution is -0.0980. The summed E-state index contributed by atoms with van der Waals surface area (Å²) < 4.78 is 9.80. The average Bonchev–Trinajstić information content (AvgIpc) is 2.47. The topological polar surface area (TPSA) is 52.6 Å². The maximum Gasteiger partial charge on any atom is 0.337 e. The Bertz CT molecular complexity index is 548. The second kappa shape index (κ2) is 6.39. The van der Waals surface area contributed by atoms with E-state index in [0.29, 0.717) is 5.56 Å². The van der Waals surface area contributed by atoms with Crippen molar-refractivity contribution in [1.29, 1.82) is 0 Å². The largest absolute Gasteiger partial charge is 0.497 e. The molecule has 0 N–H and O–H groups in total. The van der Waals surface area contributed by atoms with Crippen LogP contribution in [0, 0.1) is 0 Å². The van der Waals surface area contributed by atoms with Crippen molar-refractivity contribution in [3.63, 3.8) is 0 Å². The minimum absolute atomic E-state index is 0.322. The molecule has 2 aromatic rings. The quantitative estimate of drug-likeness (QED) is 0.764. The van der Waals surface area contributed by atoms with E-state index in [1.807, 2.05) is 31.1 Å². The Hall–Kier alpha value is -2.36. The Morgan fingerprint density at radius 2 is 1.61 bits per heavy atom. The maximum absolute atomic E-state index is 11.3. The molecule has 0 aliphatic heterocycles. The van der Waals surface area contributed by atoms with Gasteiger partial charge in [-0.05, 0) is 35.0 Å². The molecular formula is C14H14O4. The third kappa shape index (κ3) is 2.85. The summed E-state index contributed by atoms with van der Waals surface area (Å²) in [6, 6.07) is 11.1. The summed E-state index contributed by atoms with van der Waals surface area (Å²) >= 11 is 0. The van der Waals surface area contributed by atoms with Crippen molar-refractivity contribution in [3.05, 3.63) is 42.0 Å². The smallest absolute Gasteiger partial charge is 0.337 e. The Morgan fingerprint density at radius 1 is 1.00 bits per heavy atom. The van der Waals surface area contributed by atoms with Crippen LogP contribution in [0.5, 0.6) is 5.75 Å². The summed E-state index contributed by atoms with van der Waals surface area (Å²) in [7, 11) is 3.00. The number of benzene rings is 2. The van der Waals surface area contributed by atoms with Gasteiger partial charge < -0.3 is 14.3 Å². The Labute approximate surface area is 105 Å². The molecule has 0 atom stereocenters. The summed E-state index contributed by atoms with van der Waals surface area (Å²) in [6.45, 7) is 2.00. The zero-order chi connectivity index (χ0) is 13.5. The highest BCUT2D eigenvalue weighted by Gasteiger charge is 2.05. The molecule has 0 spiro atoms. The van der Waals surface area contributed by atoms with Gasteiger partial charge in [-0.1, -0.05) is 12.1 Å². The first-order valence-electron chi connectivity index (χ1n) is 5.19. The minimum atomic E-state index is -0.322. The summed E-state index contributed by atoms with van der Waals surface area (Å²) in [5, 5.41) is 2.02. The van der Waals surface area contributed by atoms with E-state index in [0.717, 1.165) is 16.5 Å². The highest BCUT2D eigenvalue weighted by molar-refractivity contribution is 5.95. The number of rotatable bonds is 2. The summed E-state index contributed by atoms with van der Waals surface area (Å²) in [5.41, 5.74) is 0.556. The monoisotopic (exact) mass is 246 g/mol. The van der Waals surface area contributed by atoms with E-state index in [9.17, 15) is 4.79 Å². The molecule has 4 nitrogen and oxygen atoms in total. The molecule has 2 aromatic carbocycles. The molecule has 0 aliphatic carbocycles. The van der Waals surface area contributed by atoms with Crippen molar-refractivity contribution in [2.75, 3.05) is 14.2 Å². The molecule has 0 fully saturated rings. The number of ether oxygens (including phenoxy) is 2. The maximum atomic E-state index is 11.3. The van der Waals surface area contributed by atoms with E-state index >= 15 is 0 Å². The molecule has 0 aliphatic rings. The highest BCUT2D eigenvalue weighted by atomic mass is 16.5. The molecule has 2 rings (SSSR count). The number of methoxy groups -OCH3 is 2. The molecular weight excluding hydrogens is 232 g/mol. The van der Waals surface area contributed by atoms with Crippen molar-refractivity contribution in [1.82, 2.24) is 0 Å². The van der Waals surface area contributed by atoms with Gasteiger partial charge in [-0.3, -0.25) is 0 Å². The average molecular weight is 246 g/mol. The van der Waals surface area contributed by atoms with Gasteiger partial charge in [0.15, 0.2) is 0 Å². The van der Waals surface area contributed by atoms with Gasteiger partial charge in [0.25, 0.3) is 0 Å². The van der Waals surface area contributed by atoms with E-state index in [2.05, 4.69) is 4.74 Å². The fourth-order valence-corrected chi connectivity index (χ4v) is 1.60. The second-order valence-corrected chi connectivity index (χ2v) is 3.42. The highest BCUT2D eigenvalue weighted by Crippen LogP contribution is 2.22. The molecule has 0 amide bonds. The van der Waals surface area contributed by atoms with Gasteiger partial charge in [-0.15, -0.1) is 0 Å². The van der Waals surface area contributed by atoms with E-state index in [1.54, 1.807) is 19.2 Å². The standard InChI is InChI=1S/C13H12O3.CH2O/c1-15-12-6-5-9-7-11(13(14)16-2)4-3-10(9)8-12;1-2/h3-8H,1-2H3;1H2. The van der Waals surface area contributed by atoms with Gasteiger partial charge in [-0.25, -0.2) is 4.79 Å². The van der Waals surface area contributed by atoms with Gasteiger partial charge in [0, 0.05) is 0 Å². The van der Waals surface area contributed by atoms with E-state index in [1.165, 1.54) is 7.11 Å². The molecule has 0 saturated carbocycles. The first-order valence-corrected chi connectivity index (χ1v) is 5.19. The lowest BCUT2D eigenvalue weighted by Gasteiger charge is -2.04. The van der Waals surface area contributed by atoms with Gasteiger partial charge in [0.1, 0.15) is 12.5 Å². The van der Waals surface area contributed by atoms with Crippen LogP contribution in [0.25, 0.3) is 10.8 Å². The number of carbonyl (C=O) groups excluding carboxylic acids is 2. The zero-order valence-corrected chi connectivity index (χ0v) is 10.3. The van der Waals surface area contributed by atoms with Crippen LogP contribution in [-0.2, 0) is 9.53 Å². The van der Waals surface area contributed by atoms with Gasteiger partial charge in [-0.2, -0.15) is 0 Å². The fourth-order valence-electron chi connectivity index (χ4n) is 1.60. The molecule has 0 bridgehead atoms. The molecule has 18 heavy (non-hydrogen) atoms. The summed E-state index contributed by atoms with van der Waals surface area (Å²) in [5.74, 6) is 0.482. The van der Waals surface area contributed by atoms with Crippen LogP contribution in [0.15, 0.2) is 36.4 Å². The number of hydrogen-bond acceptors (Lipinski definition) is 4. The third-order valence-electron chi connectivity index (χ3n) is 2.47. The first kappa shape index (κ1) is 13.7. The predicted molar refractivity (Wildman–Crippen MR) is 69.0 cm³/mol. The predicted octanol–water partition coefficient (Wildman–Crippen LogP) is 2.45. The van der Waals surface area contributed by atoms with Gasteiger partial charge >= 0.3 is 5.97 Å². The second-order valence-electron chi connectivity index (χ2n) is 3.42. The van der Waals surface area contributed by atoms with Gasteiger partial charge in [0.2, 0.25) is 0 Å². The molecule has 4 heteroatoms. The third-order valence-corrected chi connectivity index (χ3v) is 2.47. The molecule has 0 radical (unpaired) electrons. The first-order chi connectivity index (χ1) is 8.74. The number of esters is 1. The number of carbonyl (C=O) groups is 2. The van der Waals surface area contributed by atoms with Crippen LogP contribution in [0.2, 0.25) is 0 Å².